The fourth-order valence-electron chi connectivity index (χ4n) is 1.70. The van der Waals surface area contributed by atoms with Crippen molar-refractivity contribution in [2.75, 3.05) is 6.61 Å². The fourth-order valence-corrected chi connectivity index (χ4v) is 1.70. The van der Waals surface area contributed by atoms with E-state index in [-0.39, 0.29) is 5.78 Å². The number of hydrogen-bond acceptors (Lipinski definition) is 3. The van der Waals surface area contributed by atoms with Crippen molar-refractivity contribution in [3.05, 3.63) is 53.5 Å². The molecule has 0 aliphatic heterocycles. The first-order valence-corrected chi connectivity index (χ1v) is 5.54. The van der Waals surface area contributed by atoms with E-state index >= 15 is 0 Å². The Kier molecular flexibility index (Phi) is 3.28. The van der Waals surface area contributed by atoms with Crippen molar-refractivity contribution in [3.8, 4) is 5.75 Å². The summed E-state index contributed by atoms with van der Waals surface area (Å²) in [6.07, 6.45) is 1.52. The van der Waals surface area contributed by atoms with Gasteiger partial charge in [-0.3, -0.25) is 4.79 Å². The number of furan rings is 1. The van der Waals surface area contributed by atoms with Gasteiger partial charge in [0.1, 0.15) is 11.5 Å². The lowest BCUT2D eigenvalue weighted by Gasteiger charge is -2.08. The number of carbonyl (C=O) groups excluding carboxylic acids is 1. The van der Waals surface area contributed by atoms with E-state index in [1.165, 1.54) is 6.26 Å². The lowest BCUT2D eigenvalue weighted by atomic mass is 10.0. The van der Waals surface area contributed by atoms with E-state index in [0.717, 1.165) is 0 Å². The van der Waals surface area contributed by atoms with E-state index in [1.54, 1.807) is 25.1 Å². The van der Waals surface area contributed by atoms with Gasteiger partial charge in [-0.15, -0.1) is 0 Å². The SMILES string of the molecule is CCOc1ccccc1C(=O)c1ccoc1C. The third-order valence-corrected chi connectivity index (χ3v) is 2.53. The average Bonchev–Trinajstić information content (AvgIpc) is 2.76. The topological polar surface area (TPSA) is 39.4 Å². The van der Waals surface area contributed by atoms with E-state index in [9.17, 15) is 4.79 Å². The number of para-hydroxylation sites is 1. The summed E-state index contributed by atoms with van der Waals surface area (Å²) in [5.74, 6) is 1.17. The highest BCUT2D eigenvalue weighted by Crippen LogP contribution is 2.23. The Bertz CT molecular complexity index is 526. The maximum absolute atomic E-state index is 12.3. The van der Waals surface area contributed by atoms with Crippen LogP contribution in [0.15, 0.2) is 41.0 Å². The van der Waals surface area contributed by atoms with Gasteiger partial charge >= 0.3 is 0 Å². The largest absolute Gasteiger partial charge is 0.493 e. The molecule has 0 unspecified atom stereocenters. The number of aryl methyl sites for hydroxylation is 1. The lowest BCUT2D eigenvalue weighted by Crippen LogP contribution is -2.05. The van der Waals surface area contributed by atoms with Gasteiger partial charge in [0.25, 0.3) is 0 Å². The highest BCUT2D eigenvalue weighted by Gasteiger charge is 2.17. The van der Waals surface area contributed by atoms with E-state index in [4.69, 9.17) is 9.15 Å². The van der Waals surface area contributed by atoms with Crippen LogP contribution in [0.5, 0.6) is 5.75 Å². The molecular formula is C14H14O3. The second kappa shape index (κ2) is 4.87. The van der Waals surface area contributed by atoms with Crippen LogP contribution in [-0.4, -0.2) is 12.4 Å². The van der Waals surface area contributed by atoms with Crippen molar-refractivity contribution in [2.45, 2.75) is 13.8 Å². The zero-order chi connectivity index (χ0) is 12.3. The first-order valence-electron chi connectivity index (χ1n) is 5.54. The van der Waals surface area contributed by atoms with Gasteiger partial charge in [-0.1, -0.05) is 12.1 Å². The highest BCUT2D eigenvalue weighted by molar-refractivity contribution is 6.11. The van der Waals surface area contributed by atoms with Crippen molar-refractivity contribution < 1.29 is 13.9 Å². The summed E-state index contributed by atoms with van der Waals surface area (Å²) in [6, 6.07) is 8.92. The van der Waals surface area contributed by atoms with Gasteiger partial charge in [0.05, 0.1) is 24.0 Å². The Morgan fingerprint density at radius 3 is 2.65 bits per heavy atom. The summed E-state index contributed by atoms with van der Waals surface area (Å²) in [4.78, 5) is 12.3. The molecule has 2 rings (SSSR count). The Hall–Kier alpha value is -2.03. The maximum Gasteiger partial charge on any atom is 0.200 e. The van der Waals surface area contributed by atoms with Crippen LogP contribution in [0.3, 0.4) is 0 Å². The zero-order valence-corrected chi connectivity index (χ0v) is 9.90. The molecule has 1 aromatic carbocycles. The fraction of sp³-hybridized carbons (Fsp3) is 0.214. The van der Waals surface area contributed by atoms with Gasteiger partial charge in [0.2, 0.25) is 0 Å². The van der Waals surface area contributed by atoms with E-state index in [0.29, 0.717) is 29.2 Å². The van der Waals surface area contributed by atoms with E-state index < -0.39 is 0 Å². The summed E-state index contributed by atoms with van der Waals surface area (Å²) in [5, 5.41) is 0. The van der Waals surface area contributed by atoms with Crippen molar-refractivity contribution in [1.82, 2.24) is 0 Å². The minimum atomic E-state index is -0.0692. The molecule has 0 atom stereocenters. The number of ether oxygens (including phenoxy) is 1. The van der Waals surface area contributed by atoms with Crippen LogP contribution >= 0.6 is 0 Å². The third-order valence-electron chi connectivity index (χ3n) is 2.53. The van der Waals surface area contributed by atoms with Crippen molar-refractivity contribution >= 4 is 5.78 Å². The van der Waals surface area contributed by atoms with Gasteiger partial charge < -0.3 is 9.15 Å². The summed E-state index contributed by atoms with van der Waals surface area (Å²) in [7, 11) is 0. The Morgan fingerprint density at radius 1 is 1.24 bits per heavy atom. The molecule has 0 amide bonds. The summed E-state index contributed by atoms with van der Waals surface area (Å²) in [5.41, 5.74) is 1.15. The molecule has 17 heavy (non-hydrogen) atoms. The van der Waals surface area contributed by atoms with Crippen LogP contribution in [0, 0.1) is 6.92 Å². The molecule has 2 aromatic rings. The molecule has 88 valence electrons. The normalized spacial score (nSPS) is 10.2. The molecule has 0 saturated carbocycles. The molecule has 0 aliphatic carbocycles. The predicted molar refractivity (Wildman–Crippen MR) is 64.5 cm³/mol. The molecule has 0 N–H and O–H groups in total. The summed E-state index contributed by atoms with van der Waals surface area (Å²) in [6.45, 7) is 4.20. The van der Waals surface area contributed by atoms with Gasteiger partial charge in [0.15, 0.2) is 5.78 Å². The minimum Gasteiger partial charge on any atom is -0.493 e. The number of rotatable bonds is 4. The van der Waals surface area contributed by atoms with Gasteiger partial charge in [-0.25, -0.2) is 0 Å². The molecule has 0 bridgehead atoms. The Morgan fingerprint density at radius 2 is 2.00 bits per heavy atom. The molecule has 3 nitrogen and oxygen atoms in total. The third kappa shape index (κ3) is 2.23. The van der Waals surface area contributed by atoms with Crippen molar-refractivity contribution in [2.24, 2.45) is 0 Å². The van der Waals surface area contributed by atoms with Gasteiger partial charge in [-0.2, -0.15) is 0 Å². The van der Waals surface area contributed by atoms with E-state index in [1.807, 2.05) is 19.1 Å². The molecule has 1 heterocycles. The van der Waals surface area contributed by atoms with Crippen LogP contribution in [0.4, 0.5) is 0 Å². The monoisotopic (exact) mass is 230 g/mol. The highest BCUT2D eigenvalue weighted by atomic mass is 16.5. The molecule has 0 saturated heterocycles. The Balaban J connectivity index is 2.40. The molecular weight excluding hydrogens is 216 g/mol. The summed E-state index contributed by atoms with van der Waals surface area (Å²) >= 11 is 0. The Labute approximate surface area is 100 Å². The quantitative estimate of drug-likeness (QED) is 0.757. The van der Waals surface area contributed by atoms with Gasteiger partial charge in [0, 0.05) is 0 Å². The number of ketones is 1. The minimum absolute atomic E-state index is 0.0692. The van der Waals surface area contributed by atoms with Crippen LogP contribution in [0.2, 0.25) is 0 Å². The first-order chi connectivity index (χ1) is 8.24. The second-order valence-corrected chi connectivity index (χ2v) is 3.65. The average molecular weight is 230 g/mol. The number of benzene rings is 1. The standard InChI is InChI=1S/C14H14O3/c1-3-16-13-7-5-4-6-12(13)14(15)11-8-9-17-10(11)2/h4-9H,3H2,1-2H3. The first kappa shape index (κ1) is 11.5. The zero-order valence-electron chi connectivity index (χ0n) is 9.90. The number of hydrogen-bond donors (Lipinski definition) is 0. The molecule has 3 heteroatoms. The van der Waals surface area contributed by atoms with Crippen molar-refractivity contribution in [3.63, 3.8) is 0 Å². The lowest BCUT2D eigenvalue weighted by molar-refractivity contribution is 0.103. The van der Waals surface area contributed by atoms with Crippen LogP contribution in [-0.2, 0) is 0 Å². The van der Waals surface area contributed by atoms with E-state index in [2.05, 4.69) is 0 Å². The second-order valence-electron chi connectivity index (χ2n) is 3.65. The van der Waals surface area contributed by atoms with Crippen molar-refractivity contribution in [1.29, 1.82) is 0 Å². The molecule has 0 spiro atoms. The smallest absolute Gasteiger partial charge is 0.200 e. The van der Waals surface area contributed by atoms with Crippen LogP contribution in [0.25, 0.3) is 0 Å². The predicted octanol–water partition coefficient (Wildman–Crippen LogP) is 3.22. The molecule has 0 fully saturated rings. The maximum atomic E-state index is 12.3. The molecule has 1 aromatic heterocycles. The summed E-state index contributed by atoms with van der Waals surface area (Å²) < 4.78 is 10.6. The molecule has 0 radical (unpaired) electrons. The van der Waals surface area contributed by atoms with Crippen LogP contribution in [0.1, 0.15) is 28.6 Å². The van der Waals surface area contributed by atoms with Crippen LogP contribution < -0.4 is 4.74 Å². The van der Waals surface area contributed by atoms with Gasteiger partial charge in [-0.05, 0) is 32.0 Å². The molecule has 0 aliphatic rings. The number of carbonyl (C=O) groups is 1.